The van der Waals surface area contributed by atoms with Crippen molar-refractivity contribution < 1.29 is 9.32 Å². The summed E-state index contributed by atoms with van der Waals surface area (Å²) in [6.07, 6.45) is 0.696. The molecule has 3 rings (SSSR count). The second-order valence-electron chi connectivity index (χ2n) is 5.92. The van der Waals surface area contributed by atoms with Gasteiger partial charge in [0.15, 0.2) is 5.82 Å². The van der Waals surface area contributed by atoms with Gasteiger partial charge >= 0.3 is 0 Å². The maximum absolute atomic E-state index is 12.0. The van der Waals surface area contributed by atoms with E-state index < -0.39 is 0 Å². The molecule has 2 atom stereocenters. The van der Waals surface area contributed by atoms with Crippen molar-refractivity contribution in [2.75, 3.05) is 24.3 Å². The summed E-state index contributed by atoms with van der Waals surface area (Å²) < 4.78 is 5.35. The predicted octanol–water partition coefficient (Wildman–Crippen LogP) is 1.66. The molecule has 0 bridgehead atoms. The van der Waals surface area contributed by atoms with E-state index in [9.17, 15) is 4.79 Å². The van der Waals surface area contributed by atoms with Crippen LogP contribution in [-0.4, -0.2) is 42.2 Å². The summed E-state index contributed by atoms with van der Waals surface area (Å²) in [6.45, 7) is 3.93. The van der Waals surface area contributed by atoms with Crippen molar-refractivity contribution >= 4 is 17.3 Å². The van der Waals surface area contributed by atoms with E-state index in [4.69, 9.17) is 4.52 Å². The molecule has 0 saturated carbocycles. The van der Waals surface area contributed by atoms with Crippen LogP contribution in [0.3, 0.4) is 0 Å². The van der Waals surface area contributed by atoms with Gasteiger partial charge in [0.2, 0.25) is 5.91 Å². The van der Waals surface area contributed by atoms with E-state index in [1.807, 2.05) is 44.1 Å². The van der Waals surface area contributed by atoms with Gasteiger partial charge < -0.3 is 20.1 Å². The summed E-state index contributed by atoms with van der Waals surface area (Å²) in [5.41, 5.74) is 2.53. The molecule has 0 fully saturated rings. The van der Waals surface area contributed by atoms with Crippen LogP contribution in [0.4, 0.5) is 11.4 Å². The molecule has 1 aromatic carbocycles. The number of nitrogens with one attached hydrogen (secondary N) is 2. The Morgan fingerprint density at radius 3 is 3.00 bits per heavy atom. The topological polar surface area (TPSA) is 83.3 Å². The summed E-state index contributed by atoms with van der Waals surface area (Å²) in [4.78, 5) is 18.3. The number of likely N-dealkylation sites (N-methyl/N-ethyl adjacent to an activating group) is 2. The molecule has 1 aromatic heterocycles. The van der Waals surface area contributed by atoms with Gasteiger partial charge in [-0.15, -0.1) is 0 Å². The lowest BCUT2D eigenvalue weighted by Crippen LogP contribution is -2.43. The van der Waals surface area contributed by atoms with Gasteiger partial charge in [0.1, 0.15) is 6.04 Å². The zero-order valence-electron chi connectivity index (χ0n) is 13.8. The number of hydrogen-bond donors (Lipinski definition) is 2. The molecule has 2 unspecified atom stereocenters. The first kappa shape index (κ1) is 15.5. The van der Waals surface area contributed by atoms with Gasteiger partial charge in [0.25, 0.3) is 5.89 Å². The number of carbonyl (C=O) groups excluding carboxylic acids is 1. The SMILES string of the molecule is CNC(C)Cc1noc(-c2ccc3c(c2)NC(=O)C(C)N3C)n1. The van der Waals surface area contributed by atoms with Gasteiger partial charge in [-0.25, -0.2) is 0 Å². The molecule has 2 heterocycles. The maximum atomic E-state index is 12.0. The Morgan fingerprint density at radius 1 is 1.48 bits per heavy atom. The molecule has 7 heteroatoms. The second kappa shape index (κ2) is 6.00. The molecular formula is C16H21N5O2. The lowest BCUT2D eigenvalue weighted by Gasteiger charge is -2.33. The van der Waals surface area contributed by atoms with Gasteiger partial charge in [0.05, 0.1) is 11.4 Å². The van der Waals surface area contributed by atoms with Crippen molar-refractivity contribution in [1.29, 1.82) is 0 Å². The smallest absolute Gasteiger partial charge is 0.257 e. The average Bonchev–Trinajstić information content (AvgIpc) is 3.00. The van der Waals surface area contributed by atoms with Crippen molar-refractivity contribution in [2.24, 2.45) is 0 Å². The van der Waals surface area contributed by atoms with Gasteiger partial charge in [0, 0.05) is 25.1 Å². The fourth-order valence-electron chi connectivity index (χ4n) is 2.53. The molecule has 1 amide bonds. The second-order valence-corrected chi connectivity index (χ2v) is 5.92. The van der Waals surface area contributed by atoms with Crippen molar-refractivity contribution in [3.8, 4) is 11.5 Å². The Morgan fingerprint density at radius 2 is 2.26 bits per heavy atom. The van der Waals surface area contributed by atoms with Gasteiger partial charge in [-0.2, -0.15) is 4.98 Å². The van der Waals surface area contributed by atoms with Crippen molar-refractivity contribution in [3.05, 3.63) is 24.0 Å². The normalized spacial score (nSPS) is 18.5. The van der Waals surface area contributed by atoms with Crippen molar-refractivity contribution in [2.45, 2.75) is 32.4 Å². The zero-order valence-corrected chi connectivity index (χ0v) is 13.8. The van der Waals surface area contributed by atoms with E-state index in [1.165, 1.54) is 0 Å². The summed E-state index contributed by atoms with van der Waals surface area (Å²) in [7, 11) is 3.81. The highest BCUT2D eigenvalue weighted by atomic mass is 16.5. The quantitative estimate of drug-likeness (QED) is 0.893. The van der Waals surface area contributed by atoms with Gasteiger partial charge in [-0.1, -0.05) is 5.16 Å². The first-order valence-electron chi connectivity index (χ1n) is 7.67. The number of fused-ring (bicyclic) bond motifs is 1. The summed E-state index contributed by atoms with van der Waals surface area (Å²) in [5.74, 6) is 1.10. The van der Waals surface area contributed by atoms with Crippen LogP contribution < -0.4 is 15.5 Å². The van der Waals surface area contributed by atoms with E-state index in [-0.39, 0.29) is 18.0 Å². The highest BCUT2D eigenvalue weighted by molar-refractivity contribution is 6.03. The van der Waals surface area contributed by atoms with Crippen molar-refractivity contribution in [1.82, 2.24) is 15.5 Å². The Labute approximate surface area is 135 Å². The first-order valence-corrected chi connectivity index (χ1v) is 7.67. The molecule has 2 aromatic rings. The number of anilines is 2. The number of benzene rings is 1. The van der Waals surface area contributed by atoms with Crippen LogP contribution in [0.2, 0.25) is 0 Å². The molecule has 0 saturated heterocycles. The fourth-order valence-corrected chi connectivity index (χ4v) is 2.53. The molecule has 0 aliphatic carbocycles. The largest absolute Gasteiger partial charge is 0.361 e. The summed E-state index contributed by atoms with van der Waals surface area (Å²) >= 11 is 0. The molecule has 0 radical (unpaired) electrons. The molecule has 0 spiro atoms. The average molecular weight is 315 g/mol. The Hall–Kier alpha value is -2.41. The van der Waals surface area contributed by atoms with Gasteiger partial charge in [-0.05, 0) is 39.1 Å². The maximum Gasteiger partial charge on any atom is 0.257 e. The lowest BCUT2D eigenvalue weighted by atomic mass is 10.1. The number of aromatic nitrogens is 2. The minimum Gasteiger partial charge on any atom is -0.361 e. The van der Waals surface area contributed by atoms with Crippen LogP contribution in [0.25, 0.3) is 11.5 Å². The molecule has 1 aliphatic heterocycles. The molecular weight excluding hydrogens is 294 g/mol. The van der Waals surface area contributed by atoms with E-state index >= 15 is 0 Å². The number of hydrogen-bond acceptors (Lipinski definition) is 6. The summed E-state index contributed by atoms with van der Waals surface area (Å²) in [5, 5.41) is 10.1. The van der Waals surface area contributed by atoms with Crippen LogP contribution in [0.15, 0.2) is 22.7 Å². The predicted molar refractivity (Wildman–Crippen MR) is 88.5 cm³/mol. The number of rotatable bonds is 4. The standard InChI is InChI=1S/C16H21N5O2/c1-9(17-3)7-14-19-16(23-20-14)11-5-6-13-12(8-11)18-15(22)10(2)21(13)4/h5-6,8-10,17H,7H2,1-4H3,(H,18,22). The molecule has 1 aliphatic rings. The van der Waals surface area contributed by atoms with E-state index in [1.54, 1.807) is 0 Å². The Bertz CT molecular complexity index is 727. The minimum atomic E-state index is -0.189. The first-order chi connectivity index (χ1) is 11.0. The van der Waals surface area contributed by atoms with E-state index in [0.717, 1.165) is 16.9 Å². The monoisotopic (exact) mass is 315 g/mol. The third-order valence-electron chi connectivity index (χ3n) is 4.29. The third kappa shape index (κ3) is 2.92. The van der Waals surface area contributed by atoms with E-state index in [2.05, 4.69) is 27.7 Å². The highest BCUT2D eigenvalue weighted by Crippen LogP contribution is 2.34. The fraction of sp³-hybridized carbons (Fsp3) is 0.438. The molecule has 2 N–H and O–H groups in total. The number of nitrogens with zero attached hydrogens (tertiary/aromatic N) is 3. The van der Waals surface area contributed by atoms with E-state index in [0.29, 0.717) is 18.1 Å². The molecule has 23 heavy (non-hydrogen) atoms. The minimum absolute atomic E-state index is 0.0220. The van der Waals surface area contributed by atoms with Crippen LogP contribution in [-0.2, 0) is 11.2 Å². The van der Waals surface area contributed by atoms with Crippen LogP contribution in [0, 0.1) is 0 Å². The van der Waals surface area contributed by atoms with Crippen LogP contribution in [0.1, 0.15) is 19.7 Å². The highest BCUT2D eigenvalue weighted by Gasteiger charge is 2.27. The molecule has 122 valence electrons. The molecule has 7 nitrogen and oxygen atoms in total. The van der Waals surface area contributed by atoms with Gasteiger partial charge in [-0.3, -0.25) is 4.79 Å². The Balaban J connectivity index is 1.88. The lowest BCUT2D eigenvalue weighted by molar-refractivity contribution is -0.117. The van der Waals surface area contributed by atoms with Crippen LogP contribution >= 0.6 is 0 Å². The zero-order chi connectivity index (χ0) is 16.6. The summed E-state index contributed by atoms with van der Waals surface area (Å²) in [6, 6.07) is 5.85. The number of amides is 1. The third-order valence-corrected chi connectivity index (χ3v) is 4.29. The number of carbonyl (C=O) groups is 1. The van der Waals surface area contributed by atoms with Crippen molar-refractivity contribution in [3.63, 3.8) is 0 Å². The van der Waals surface area contributed by atoms with Crippen LogP contribution in [0.5, 0.6) is 0 Å². The Kier molecular flexibility index (Phi) is 4.04.